The number of carbonyl (C=O) groups is 1. The highest BCUT2D eigenvalue weighted by molar-refractivity contribution is 5.72. The predicted molar refractivity (Wildman–Crippen MR) is 80.5 cm³/mol. The normalized spacial score (nSPS) is 26.8. The molecule has 1 aliphatic rings. The molecule has 0 aromatic heterocycles. The lowest BCUT2D eigenvalue weighted by atomic mass is 9.72. The third-order valence-corrected chi connectivity index (χ3v) is 4.72. The fraction of sp³-hybridized carbons (Fsp3) is 0.588. The number of benzene rings is 1. The number of aliphatic carboxylic acids is 1. The van der Waals surface area contributed by atoms with Gasteiger partial charge in [-0.1, -0.05) is 50.6 Å². The summed E-state index contributed by atoms with van der Waals surface area (Å²) in [6, 6.07) is 10.3. The Balaban J connectivity index is 2.13. The second kappa shape index (κ2) is 6.40. The standard InChI is InChI=1S/C17H25NO2/c1-3-10-17(4-2)13-18(12-15(17)16(19)20)11-14-8-6-5-7-9-14/h5-9,15H,3-4,10-13H2,1-2H3,(H,19,20). The molecule has 2 unspecified atom stereocenters. The molecule has 0 amide bonds. The van der Waals surface area contributed by atoms with Gasteiger partial charge in [-0.3, -0.25) is 9.69 Å². The fourth-order valence-electron chi connectivity index (χ4n) is 3.66. The summed E-state index contributed by atoms with van der Waals surface area (Å²) in [4.78, 5) is 13.9. The third-order valence-electron chi connectivity index (χ3n) is 4.72. The number of hydrogen-bond acceptors (Lipinski definition) is 2. The van der Waals surface area contributed by atoms with Crippen LogP contribution in [0.1, 0.15) is 38.7 Å². The lowest BCUT2D eigenvalue weighted by molar-refractivity contribution is -0.145. The maximum absolute atomic E-state index is 11.6. The average molecular weight is 275 g/mol. The third kappa shape index (κ3) is 3.04. The summed E-state index contributed by atoms with van der Waals surface area (Å²) in [5.41, 5.74) is 1.22. The first-order valence-electron chi connectivity index (χ1n) is 7.60. The molecule has 0 spiro atoms. The maximum Gasteiger partial charge on any atom is 0.308 e. The van der Waals surface area contributed by atoms with Crippen LogP contribution in [0.3, 0.4) is 0 Å². The lowest BCUT2D eigenvalue weighted by Gasteiger charge is -2.31. The minimum Gasteiger partial charge on any atom is -0.481 e. The molecule has 2 atom stereocenters. The monoisotopic (exact) mass is 275 g/mol. The van der Waals surface area contributed by atoms with Gasteiger partial charge in [0.15, 0.2) is 0 Å². The van der Waals surface area contributed by atoms with Gasteiger partial charge in [0.05, 0.1) is 5.92 Å². The van der Waals surface area contributed by atoms with Gasteiger partial charge in [0.2, 0.25) is 0 Å². The zero-order valence-corrected chi connectivity index (χ0v) is 12.5. The van der Waals surface area contributed by atoms with Gasteiger partial charge in [0, 0.05) is 19.6 Å². The van der Waals surface area contributed by atoms with Crippen LogP contribution < -0.4 is 0 Å². The van der Waals surface area contributed by atoms with Crippen molar-refractivity contribution in [1.29, 1.82) is 0 Å². The van der Waals surface area contributed by atoms with E-state index in [-0.39, 0.29) is 11.3 Å². The Morgan fingerprint density at radius 3 is 2.60 bits per heavy atom. The van der Waals surface area contributed by atoms with Gasteiger partial charge >= 0.3 is 5.97 Å². The van der Waals surface area contributed by atoms with Crippen molar-refractivity contribution in [2.45, 2.75) is 39.7 Å². The van der Waals surface area contributed by atoms with Crippen LogP contribution in [-0.4, -0.2) is 29.1 Å². The number of rotatable bonds is 6. The molecule has 1 fully saturated rings. The molecule has 0 aliphatic carbocycles. The molecule has 3 nitrogen and oxygen atoms in total. The quantitative estimate of drug-likeness (QED) is 0.865. The van der Waals surface area contributed by atoms with Crippen LogP contribution in [-0.2, 0) is 11.3 Å². The topological polar surface area (TPSA) is 40.5 Å². The predicted octanol–water partition coefficient (Wildman–Crippen LogP) is 3.40. The van der Waals surface area contributed by atoms with Gasteiger partial charge in [-0.2, -0.15) is 0 Å². The summed E-state index contributed by atoms with van der Waals surface area (Å²) >= 11 is 0. The molecular formula is C17H25NO2. The van der Waals surface area contributed by atoms with E-state index in [0.717, 1.165) is 32.4 Å². The van der Waals surface area contributed by atoms with Crippen molar-refractivity contribution in [3.8, 4) is 0 Å². The minimum absolute atomic E-state index is 0.0463. The second-order valence-corrected chi connectivity index (χ2v) is 6.01. The zero-order valence-electron chi connectivity index (χ0n) is 12.5. The van der Waals surface area contributed by atoms with Crippen LogP contribution >= 0.6 is 0 Å². The molecule has 3 heteroatoms. The smallest absolute Gasteiger partial charge is 0.308 e. The van der Waals surface area contributed by atoms with E-state index >= 15 is 0 Å². The van der Waals surface area contributed by atoms with Gasteiger partial charge in [-0.15, -0.1) is 0 Å². The summed E-state index contributed by atoms with van der Waals surface area (Å²) in [5, 5.41) is 9.56. The Morgan fingerprint density at radius 2 is 2.05 bits per heavy atom. The molecule has 0 radical (unpaired) electrons. The summed E-state index contributed by atoms with van der Waals surface area (Å²) in [5.74, 6) is -0.855. The Bertz CT molecular complexity index is 446. The first kappa shape index (κ1) is 15.0. The van der Waals surface area contributed by atoms with E-state index in [9.17, 15) is 9.90 Å². The van der Waals surface area contributed by atoms with Crippen molar-refractivity contribution < 1.29 is 9.90 Å². The van der Waals surface area contributed by atoms with E-state index in [1.54, 1.807) is 0 Å². The highest BCUT2D eigenvalue weighted by Crippen LogP contribution is 2.43. The zero-order chi connectivity index (χ0) is 14.6. The van der Waals surface area contributed by atoms with Gasteiger partial charge < -0.3 is 5.11 Å². The molecule has 1 N–H and O–H groups in total. The summed E-state index contributed by atoms with van der Waals surface area (Å²) in [6.07, 6.45) is 3.01. The summed E-state index contributed by atoms with van der Waals surface area (Å²) in [6.45, 7) is 6.73. The van der Waals surface area contributed by atoms with Crippen molar-refractivity contribution in [2.24, 2.45) is 11.3 Å². The highest BCUT2D eigenvalue weighted by Gasteiger charge is 2.48. The van der Waals surface area contributed by atoms with Crippen molar-refractivity contribution in [1.82, 2.24) is 4.90 Å². The SMILES string of the molecule is CCCC1(CC)CN(Cc2ccccc2)CC1C(=O)O. The van der Waals surface area contributed by atoms with Crippen LogP contribution in [0.4, 0.5) is 0 Å². The first-order valence-corrected chi connectivity index (χ1v) is 7.60. The van der Waals surface area contributed by atoms with E-state index in [1.807, 2.05) is 18.2 Å². The van der Waals surface area contributed by atoms with E-state index in [0.29, 0.717) is 6.54 Å². The largest absolute Gasteiger partial charge is 0.481 e. The van der Waals surface area contributed by atoms with Crippen LogP contribution in [0, 0.1) is 11.3 Å². The minimum atomic E-state index is -0.629. The Kier molecular flexibility index (Phi) is 4.81. The summed E-state index contributed by atoms with van der Waals surface area (Å²) < 4.78 is 0. The molecule has 1 aromatic carbocycles. The van der Waals surface area contributed by atoms with Crippen LogP contribution in [0.25, 0.3) is 0 Å². The molecule has 1 heterocycles. The molecule has 1 aliphatic heterocycles. The van der Waals surface area contributed by atoms with Crippen LogP contribution in [0.2, 0.25) is 0 Å². The number of hydrogen-bond donors (Lipinski definition) is 1. The lowest BCUT2D eigenvalue weighted by Crippen LogP contribution is -2.34. The molecule has 110 valence electrons. The van der Waals surface area contributed by atoms with Gasteiger partial charge in [-0.05, 0) is 23.8 Å². The van der Waals surface area contributed by atoms with Crippen molar-refractivity contribution in [3.63, 3.8) is 0 Å². The van der Waals surface area contributed by atoms with E-state index in [4.69, 9.17) is 0 Å². The van der Waals surface area contributed by atoms with Gasteiger partial charge in [0.1, 0.15) is 0 Å². The van der Waals surface area contributed by atoms with Crippen LogP contribution in [0.15, 0.2) is 30.3 Å². The van der Waals surface area contributed by atoms with E-state index < -0.39 is 5.97 Å². The number of likely N-dealkylation sites (tertiary alicyclic amines) is 1. The van der Waals surface area contributed by atoms with E-state index in [1.165, 1.54) is 5.56 Å². The molecule has 0 saturated carbocycles. The van der Waals surface area contributed by atoms with Crippen molar-refractivity contribution in [3.05, 3.63) is 35.9 Å². The highest BCUT2D eigenvalue weighted by atomic mass is 16.4. The van der Waals surface area contributed by atoms with Gasteiger partial charge in [0.25, 0.3) is 0 Å². The molecule has 0 bridgehead atoms. The Hall–Kier alpha value is -1.35. The number of carboxylic acids is 1. The first-order chi connectivity index (χ1) is 9.61. The van der Waals surface area contributed by atoms with Gasteiger partial charge in [-0.25, -0.2) is 0 Å². The molecule has 20 heavy (non-hydrogen) atoms. The maximum atomic E-state index is 11.6. The number of carboxylic acid groups (broad SMARTS) is 1. The fourth-order valence-corrected chi connectivity index (χ4v) is 3.66. The van der Waals surface area contributed by atoms with Crippen molar-refractivity contribution in [2.75, 3.05) is 13.1 Å². The average Bonchev–Trinajstić information content (AvgIpc) is 2.80. The Labute approximate surface area is 121 Å². The van der Waals surface area contributed by atoms with Crippen LogP contribution in [0.5, 0.6) is 0 Å². The summed E-state index contributed by atoms with van der Waals surface area (Å²) in [7, 11) is 0. The molecule has 1 aromatic rings. The molecule has 2 rings (SSSR count). The second-order valence-electron chi connectivity index (χ2n) is 6.01. The van der Waals surface area contributed by atoms with E-state index in [2.05, 4.69) is 30.9 Å². The molecule has 1 saturated heterocycles. The Morgan fingerprint density at radius 1 is 1.35 bits per heavy atom. The number of nitrogens with zero attached hydrogens (tertiary/aromatic N) is 1. The van der Waals surface area contributed by atoms with Crippen molar-refractivity contribution >= 4 is 5.97 Å². The molecular weight excluding hydrogens is 250 g/mol.